The molecular formula is C18H13Cl2NO5. The van der Waals surface area contributed by atoms with Crippen LogP contribution in [0.25, 0.3) is 5.57 Å². The maximum atomic E-state index is 12.9. The van der Waals surface area contributed by atoms with Crippen LogP contribution in [-0.4, -0.2) is 31.1 Å². The first kappa shape index (κ1) is 18.1. The first-order chi connectivity index (χ1) is 12.4. The Morgan fingerprint density at radius 2 is 1.54 bits per heavy atom. The first-order valence-electron chi connectivity index (χ1n) is 7.38. The van der Waals surface area contributed by atoms with Gasteiger partial charge in [-0.1, -0.05) is 29.3 Å². The largest absolute Gasteiger partial charge is 0.502 e. The maximum absolute atomic E-state index is 12.9. The number of aliphatic hydroxyl groups excluding tert-OH is 1. The van der Waals surface area contributed by atoms with Crippen LogP contribution in [0, 0.1) is 0 Å². The van der Waals surface area contributed by atoms with E-state index in [-0.39, 0.29) is 21.8 Å². The minimum Gasteiger partial charge on any atom is -0.502 e. The van der Waals surface area contributed by atoms with Crippen molar-refractivity contribution in [2.45, 2.75) is 0 Å². The lowest BCUT2D eigenvalue weighted by molar-refractivity contribution is -0.121. The van der Waals surface area contributed by atoms with Crippen LogP contribution in [0.3, 0.4) is 0 Å². The number of hydrogen-bond donors (Lipinski definition) is 1. The molecule has 1 aliphatic rings. The molecule has 8 heteroatoms. The van der Waals surface area contributed by atoms with E-state index in [1.165, 1.54) is 44.6 Å². The molecule has 0 radical (unpaired) electrons. The van der Waals surface area contributed by atoms with Crippen molar-refractivity contribution in [3.8, 4) is 11.5 Å². The van der Waals surface area contributed by atoms with E-state index < -0.39 is 17.6 Å². The summed E-state index contributed by atoms with van der Waals surface area (Å²) < 4.78 is 10.3. The van der Waals surface area contributed by atoms with E-state index in [0.717, 1.165) is 4.90 Å². The van der Waals surface area contributed by atoms with Crippen LogP contribution < -0.4 is 14.4 Å². The van der Waals surface area contributed by atoms with E-state index in [9.17, 15) is 14.7 Å². The smallest absolute Gasteiger partial charge is 0.301 e. The predicted octanol–water partition coefficient (Wildman–Crippen LogP) is 3.85. The zero-order valence-corrected chi connectivity index (χ0v) is 15.3. The number of aliphatic hydroxyl groups is 1. The number of methoxy groups -OCH3 is 2. The van der Waals surface area contributed by atoms with Crippen molar-refractivity contribution in [2.75, 3.05) is 19.1 Å². The van der Waals surface area contributed by atoms with Gasteiger partial charge in [0, 0.05) is 28.8 Å². The number of carbonyl (C=O) groups is 2. The number of benzene rings is 2. The highest BCUT2D eigenvalue weighted by Gasteiger charge is 2.41. The zero-order chi connectivity index (χ0) is 19.0. The Hall–Kier alpha value is -2.70. The van der Waals surface area contributed by atoms with Crippen molar-refractivity contribution in [1.29, 1.82) is 0 Å². The van der Waals surface area contributed by atoms with Crippen LogP contribution >= 0.6 is 23.2 Å². The molecule has 26 heavy (non-hydrogen) atoms. The third-order valence-electron chi connectivity index (χ3n) is 3.85. The van der Waals surface area contributed by atoms with E-state index >= 15 is 0 Å². The number of anilines is 1. The van der Waals surface area contributed by atoms with Gasteiger partial charge in [-0.2, -0.15) is 0 Å². The molecule has 1 aliphatic heterocycles. The molecule has 0 spiro atoms. The second-order valence-corrected chi connectivity index (χ2v) is 6.21. The summed E-state index contributed by atoms with van der Waals surface area (Å²) in [5, 5.41) is 10.8. The topological polar surface area (TPSA) is 76.1 Å². The van der Waals surface area contributed by atoms with Gasteiger partial charge in [0.25, 0.3) is 5.91 Å². The fraction of sp³-hybridized carbons (Fsp3) is 0.111. The van der Waals surface area contributed by atoms with Crippen molar-refractivity contribution < 1.29 is 24.2 Å². The summed E-state index contributed by atoms with van der Waals surface area (Å²) in [6, 6.07) is 8.97. The van der Waals surface area contributed by atoms with Crippen LogP contribution in [0.15, 0.2) is 42.2 Å². The summed E-state index contributed by atoms with van der Waals surface area (Å²) in [5.74, 6) is -1.51. The zero-order valence-electron chi connectivity index (χ0n) is 13.7. The van der Waals surface area contributed by atoms with E-state index in [1.807, 2.05) is 0 Å². The normalized spacial score (nSPS) is 14.2. The molecule has 134 valence electrons. The number of nitrogens with zero attached hydrogens (tertiary/aromatic N) is 1. The first-order valence-corrected chi connectivity index (χ1v) is 8.13. The Kier molecular flexibility index (Phi) is 4.80. The Labute approximate surface area is 159 Å². The lowest BCUT2D eigenvalue weighted by Gasteiger charge is -2.17. The van der Waals surface area contributed by atoms with Gasteiger partial charge in [0.05, 0.1) is 30.5 Å². The lowest BCUT2D eigenvalue weighted by atomic mass is 10.1. The number of halogens is 2. The van der Waals surface area contributed by atoms with Gasteiger partial charge in [-0.3, -0.25) is 9.59 Å². The van der Waals surface area contributed by atoms with Gasteiger partial charge in [0.1, 0.15) is 11.5 Å². The van der Waals surface area contributed by atoms with Crippen LogP contribution in [0.4, 0.5) is 5.69 Å². The summed E-state index contributed by atoms with van der Waals surface area (Å²) in [5.41, 5.74) is 0.213. The van der Waals surface area contributed by atoms with Crippen LogP contribution in [0.1, 0.15) is 5.56 Å². The monoisotopic (exact) mass is 393 g/mol. The van der Waals surface area contributed by atoms with Crippen molar-refractivity contribution in [3.05, 3.63) is 57.8 Å². The molecule has 6 nitrogen and oxygen atoms in total. The Morgan fingerprint density at radius 1 is 0.923 bits per heavy atom. The molecule has 1 N–H and O–H groups in total. The van der Waals surface area contributed by atoms with Gasteiger partial charge in [0.15, 0.2) is 5.76 Å². The fourth-order valence-corrected chi connectivity index (χ4v) is 3.11. The van der Waals surface area contributed by atoms with Crippen LogP contribution in [0.5, 0.6) is 11.5 Å². The molecule has 0 fully saturated rings. The second-order valence-electron chi connectivity index (χ2n) is 5.36. The molecule has 0 unspecified atom stereocenters. The summed E-state index contributed by atoms with van der Waals surface area (Å²) >= 11 is 12.0. The van der Waals surface area contributed by atoms with Gasteiger partial charge in [-0.15, -0.1) is 0 Å². The maximum Gasteiger partial charge on any atom is 0.301 e. The van der Waals surface area contributed by atoms with Crippen LogP contribution in [-0.2, 0) is 9.59 Å². The summed E-state index contributed by atoms with van der Waals surface area (Å²) in [6.07, 6.45) is 0. The lowest BCUT2D eigenvalue weighted by Crippen LogP contribution is -2.31. The average Bonchev–Trinajstić information content (AvgIpc) is 2.84. The molecule has 2 aromatic rings. The molecular weight excluding hydrogens is 381 g/mol. The summed E-state index contributed by atoms with van der Waals surface area (Å²) in [6.45, 7) is 0. The SMILES string of the molecule is COc1cc(OC)cc(N2C(=O)C(O)=C(c3ccc(Cl)cc3Cl)C2=O)c1. The second kappa shape index (κ2) is 6.90. The number of imide groups is 1. The fourth-order valence-electron chi connectivity index (χ4n) is 2.61. The Bertz CT molecular complexity index is 932. The molecule has 0 bridgehead atoms. The highest BCUT2D eigenvalue weighted by Crippen LogP contribution is 2.38. The summed E-state index contributed by atoms with van der Waals surface area (Å²) in [4.78, 5) is 26.2. The molecule has 0 aliphatic carbocycles. The quantitative estimate of drug-likeness (QED) is 0.798. The van der Waals surface area contributed by atoms with Gasteiger partial charge in [0.2, 0.25) is 0 Å². The number of rotatable bonds is 4. The van der Waals surface area contributed by atoms with Crippen molar-refractivity contribution in [1.82, 2.24) is 0 Å². The molecule has 0 aromatic heterocycles. The summed E-state index contributed by atoms with van der Waals surface area (Å²) in [7, 11) is 2.89. The number of amides is 2. The molecule has 0 saturated heterocycles. The Balaban J connectivity index is 2.09. The average molecular weight is 394 g/mol. The van der Waals surface area contributed by atoms with Gasteiger partial charge in [-0.25, -0.2) is 4.90 Å². The van der Waals surface area contributed by atoms with Crippen molar-refractivity contribution in [3.63, 3.8) is 0 Å². The van der Waals surface area contributed by atoms with E-state index in [0.29, 0.717) is 16.5 Å². The molecule has 2 aromatic carbocycles. The molecule has 0 atom stereocenters. The number of ether oxygens (including phenoxy) is 2. The van der Waals surface area contributed by atoms with Crippen LogP contribution in [0.2, 0.25) is 10.0 Å². The van der Waals surface area contributed by atoms with Crippen molar-refractivity contribution >= 4 is 46.3 Å². The highest BCUT2D eigenvalue weighted by molar-refractivity contribution is 6.47. The minimum absolute atomic E-state index is 0.144. The van der Waals surface area contributed by atoms with Crippen molar-refractivity contribution in [2.24, 2.45) is 0 Å². The molecule has 2 amide bonds. The van der Waals surface area contributed by atoms with E-state index in [4.69, 9.17) is 32.7 Å². The van der Waals surface area contributed by atoms with E-state index in [2.05, 4.69) is 0 Å². The number of hydrogen-bond acceptors (Lipinski definition) is 5. The number of carbonyl (C=O) groups excluding carboxylic acids is 2. The minimum atomic E-state index is -0.869. The molecule has 1 heterocycles. The molecule has 0 saturated carbocycles. The Morgan fingerprint density at radius 3 is 2.08 bits per heavy atom. The third-order valence-corrected chi connectivity index (χ3v) is 4.40. The van der Waals surface area contributed by atoms with Gasteiger partial charge in [-0.05, 0) is 12.1 Å². The van der Waals surface area contributed by atoms with Gasteiger partial charge < -0.3 is 14.6 Å². The standard InChI is InChI=1S/C18H13Cl2NO5/c1-25-11-6-10(7-12(8-11)26-2)21-17(23)15(16(22)18(21)24)13-4-3-9(19)5-14(13)20/h3-8,22H,1-2H3. The highest BCUT2D eigenvalue weighted by atomic mass is 35.5. The predicted molar refractivity (Wildman–Crippen MR) is 98.0 cm³/mol. The molecule has 3 rings (SSSR count). The van der Waals surface area contributed by atoms with Gasteiger partial charge >= 0.3 is 5.91 Å². The third kappa shape index (κ3) is 2.98. The van der Waals surface area contributed by atoms with E-state index in [1.54, 1.807) is 6.07 Å².